The summed E-state index contributed by atoms with van der Waals surface area (Å²) < 4.78 is 5.39. The fourth-order valence-corrected chi connectivity index (χ4v) is 4.64. The first-order chi connectivity index (χ1) is 13.1. The van der Waals surface area contributed by atoms with Gasteiger partial charge in [-0.3, -0.25) is 9.59 Å². The van der Waals surface area contributed by atoms with Crippen LogP contribution in [0.5, 0.6) is 0 Å². The maximum Gasteiger partial charge on any atom is 0.228 e. The highest BCUT2D eigenvalue weighted by Gasteiger charge is 2.40. The molecule has 1 atom stereocenters. The van der Waals surface area contributed by atoms with Crippen molar-refractivity contribution in [1.82, 2.24) is 9.80 Å². The van der Waals surface area contributed by atoms with E-state index in [1.54, 1.807) is 0 Å². The third-order valence-corrected chi connectivity index (χ3v) is 6.24. The molecule has 27 heavy (non-hydrogen) atoms. The van der Waals surface area contributed by atoms with E-state index < -0.39 is 0 Å². The minimum atomic E-state index is -0.202. The predicted molar refractivity (Wildman–Crippen MR) is 104 cm³/mol. The number of likely N-dealkylation sites (tertiary alicyclic amines) is 1. The van der Waals surface area contributed by atoms with Gasteiger partial charge in [0.15, 0.2) is 0 Å². The standard InChI is InChI=1S/C20H26ClN3O3/c21-17-3-1-2-4-18(17)22-7-9-23(10-8-22)20(26)15-13-19(25)24(14-15)16-5-11-27-12-6-16/h1-4,15-16H,5-14H2. The number of benzene rings is 1. The molecule has 0 saturated carbocycles. The maximum absolute atomic E-state index is 13.0. The number of carbonyl (C=O) groups excluding carboxylic acids is 2. The fraction of sp³-hybridized carbons (Fsp3) is 0.600. The number of rotatable bonds is 3. The molecule has 2 amide bonds. The molecule has 4 rings (SSSR count). The number of halogens is 1. The molecule has 3 saturated heterocycles. The van der Waals surface area contributed by atoms with Crippen molar-refractivity contribution < 1.29 is 14.3 Å². The molecule has 0 radical (unpaired) electrons. The highest BCUT2D eigenvalue weighted by atomic mass is 35.5. The van der Waals surface area contributed by atoms with Crippen molar-refractivity contribution in [3.63, 3.8) is 0 Å². The third-order valence-electron chi connectivity index (χ3n) is 5.92. The molecule has 0 N–H and O–H groups in total. The van der Waals surface area contributed by atoms with E-state index in [-0.39, 0.29) is 23.8 Å². The van der Waals surface area contributed by atoms with E-state index in [1.807, 2.05) is 34.1 Å². The number of hydrogen-bond donors (Lipinski definition) is 0. The molecule has 0 aliphatic carbocycles. The summed E-state index contributed by atoms with van der Waals surface area (Å²) in [6.45, 7) is 4.85. The van der Waals surface area contributed by atoms with Gasteiger partial charge in [-0.2, -0.15) is 0 Å². The number of piperazine rings is 1. The van der Waals surface area contributed by atoms with Gasteiger partial charge in [-0.1, -0.05) is 23.7 Å². The fourth-order valence-electron chi connectivity index (χ4n) is 4.38. The minimum Gasteiger partial charge on any atom is -0.381 e. The van der Waals surface area contributed by atoms with E-state index in [0.717, 1.165) is 36.6 Å². The van der Waals surface area contributed by atoms with Gasteiger partial charge in [-0.05, 0) is 25.0 Å². The molecule has 146 valence electrons. The number of hydrogen-bond acceptors (Lipinski definition) is 4. The summed E-state index contributed by atoms with van der Waals surface area (Å²) >= 11 is 6.29. The number of nitrogens with zero attached hydrogens (tertiary/aromatic N) is 3. The smallest absolute Gasteiger partial charge is 0.228 e. The highest BCUT2D eigenvalue weighted by Crippen LogP contribution is 2.28. The lowest BCUT2D eigenvalue weighted by atomic mass is 10.1. The van der Waals surface area contributed by atoms with E-state index in [0.29, 0.717) is 39.3 Å². The predicted octanol–water partition coefficient (Wildman–Crippen LogP) is 2.02. The second-order valence-electron chi connectivity index (χ2n) is 7.55. The summed E-state index contributed by atoms with van der Waals surface area (Å²) in [7, 11) is 0. The zero-order valence-electron chi connectivity index (χ0n) is 15.5. The van der Waals surface area contributed by atoms with Crippen molar-refractivity contribution in [2.75, 3.05) is 50.8 Å². The molecule has 3 fully saturated rings. The van der Waals surface area contributed by atoms with Gasteiger partial charge in [0.05, 0.1) is 16.6 Å². The van der Waals surface area contributed by atoms with Crippen LogP contribution in [0.25, 0.3) is 0 Å². The van der Waals surface area contributed by atoms with Crippen LogP contribution >= 0.6 is 11.6 Å². The van der Waals surface area contributed by atoms with Gasteiger partial charge >= 0.3 is 0 Å². The topological polar surface area (TPSA) is 53.1 Å². The van der Waals surface area contributed by atoms with Gasteiger partial charge in [0, 0.05) is 58.4 Å². The number of ether oxygens (including phenoxy) is 1. The average Bonchev–Trinajstić information content (AvgIpc) is 3.10. The molecule has 1 aromatic rings. The molecule has 1 aromatic carbocycles. The second kappa shape index (κ2) is 8.07. The Kier molecular flexibility index (Phi) is 5.55. The highest BCUT2D eigenvalue weighted by molar-refractivity contribution is 6.33. The van der Waals surface area contributed by atoms with Crippen LogP contribution in [0, 0.1) is 5.92 Å². The first-order valence-electron chi connectivity index (χ1n) is 9.79. The van der Waals surface area contributed by atoms with Crippen molar-refractivity contribution in [2.45, 2.75) is 25.3 Å². The Hall–Kier alpha value is -1.79. The van der Waals surface area contributed by atoms with Crippen molar-refractivity contribution >= 4 is 29.1 Å². The summed E-state index contributed by atoms with van der Waals surface area (Å²) in [4.78, 5) is 31.5. The van der Waals surface area contributed by atoms with Crippen LogP contribution in [0.1, 0.15) is 19.3 Å². The van der Waals surface area contributed by atoms with Gasteiger partial charge in [-0.15, -0.1) is 0 Å². The van der Waals surface area contributed by atoms with Crippen LogP contribution in [0.4, 0.5) is 5.69 Å². The normalized spacial score (nSPS) is 24.6. The Balaban J connectivity index is 1.33. The molecule has 3 aliphatic heterocycles. The lowest BCUT2D eigenvalue weighted by molar-refractivity contribution is -0.136. The van der Waals surface area contributed by atoms with Crippen LogP contribution in [-0.4, -0.2) is 73.6 Å². The molecule has 1 unspecified atom stereocenters. The van der Waals surface area contributed by atoms with Gasteiger partial charge in [0.2, 0.25) is 11.8 Å². The lowest BCUT2D eigenvalue weighted by Gasteiger charge is -2.37. The summed E-state index contributed by atoms with van der Waals surface area (Å²) in [5.41, 5.74) is 1.02. The molecule has 0 spiro atoms. The summed E-state index contributed by atoms with van der Waals surface area (Å²) in [6, 6.07) is 8.05. The zero-order valence-corrected chi connectivity index (χ0v) is 16.2. The second-order valence-corrected chi connectivity index (χ2v) is 7.96. The van der Waals surface area contributed by atoms with E-state index >= 15 is 0 Å². The van der Waals surface area contributed by atoms with E-state index in [9.17, 15) is 9.59 Å². The van der Waals surface area contributed by atoms with Crippen molar-refractivity contribution in [1.29, 1.82) is 0 Å². The van der Waals surface area contributed by atoms with Crippen molar-refractivity contribution in [3.05, 3.63) is 29.3 Å². The molecule has 0 aromatic heterocycles. The van der Waals surface area contributed by atoms with Crippen LogP contribution in [0.2, 0.25) is 5.02 Å². The minimum absolute atomic E-state index is 0.120. The van der Waals surface area contributed by atoms with Gasteiger partial charge < -0.3 is 19.4 Å². The SMILES string of the molecule is O=C(C1CC(=O)N(C2CCOCC2)C1)N1CCN(c2ccccc2Cl)CC1. The summed E-state index contributed by atoms with van der Waals surface area (Å²) in [5, 5.41) is 0.741. The largest absolute Gasteiger partial charge is 0.381 e. The summed E-state index contributed by atoms with van der Waals surface area (Å²) in [6.07, 6.45) is 2.10. The molecule has 3 heterocycles. The van der Waals surface area contributed by atoms with E-state index in [4.69, 9.17) is 16.3 Å². The van der Waals surface area contributed by atoms with Crippen LogP contribution < -0.4 is 4.90 Å². The number of amides is 2. The molecular weight excluding hydrogens is 366 g/mol. The van der Waals surface area contributed by atoms with Crippen molar-refractivity contribution in [3.8, 4) is 0 Å². The first-order valence-corrected chi connectivity index (χ1v) is 10.2. The molecule has 6 nitrogen and oxygen atoms in total. The third kappa shape index (κ3) is 3.92. The monoisotopic (exact) mass is 391 g/mol. The van der Waals surface area contributed by atoms with E-state index in [1.165, 1.54) is 0 Å². The molecule has 3 aliphatic rings. The Morgan fingerprint density at radius 2 is 1.78 bits per heavy atom. The number of para-hydroxylation sites is 1. The number of carbonyl (C=O) groups is 2. The van der Waals surface area contributed by atoms with E-state index in [2.05, 4.69) is 4.90 Å². The zero-order chi connectivity index (χ0) is 18.8. The lowest BCUT2D eigenvalue weighted by Crippen LogP contribution is -2.51. The molecule has 7 heteroatoms. The maximum atomic E-state index is 13.0. The van der Waals surface area contributed by atoms with Gasteiger partial charge in [-0.25, -0.2) is 0 Å². The molecule has 0 bridgehead atoms. The average molecular weight is 392 g/mol. The Morgan fingerprint density at radius 1 is 1.07 bits per heavy atom. The number of anilines is 1. The quantitative estimate of drug-likeness (QED) is 0.791. The molecular formula is C20H26ClN3O3. The van der Waals surface area contributed by atoms with Crippen LogP contribution in [0.3, 0.4) is 0 Å². The Labute approximate surface area is 165 Å². The van der Waals surface area contributed by atoms with Crippen molar-refractivity contribution in [2.24, 2.45) is 5.92 Å². The van der Waals surface area contributed by atoms with Crippen LogP contribution in [0.15, 0.2) is 24.3 Å². The summed E-state index contributed by atoms with van der Waals surface area (Å²) in [5.74, 6) is 0.0406. The van der Waals surface area contributed by atoms with Gasteiger partial charge in [0.1, 0.15) is 0 Å². The first kappa shape index (κ1) is 18.6. The Morgan fingerprint density at radius 3 is 2.48 bits per heavy atom. The van der Waals surface area contributed by atoms with Gasteiger partial charge in [0.25, 0.3) is 0 Å². The Bertz CT molecular complexity index is 699. The van der Waals surface area contributed by atoms with Crippen LogP contribution in [-0.2, 0) is 14.3 Å².